The zero-order valence-electron chi connectivity index (χ0n) is 8.74. The summed E-state index contributed by atoms with van der Waals surface area (Å²) in [6.07, 6.45) is 2.09. The third kappa shape index (κ3) is 1.45. The highest BCUT2D eigenvalue weighted by Gasteiger charge is 2.11. The van der Waals surface area contributed by atoms with Crippen LogP contribution in [0.4, 0.5) is 0 Å². The molecule has 2 heterocycles. The number of hydrogen-bond acceptors (Lipinski definition) is 3. The Hall–Kier alpha value is -1.62. The lowest BCUT2D eigenvalue weighted by atomic mass is 10.2. The van der Waals surface area contributed by atoms with Crippen molar-refractivity contribution < 1.29 is 5.11 Å². The summed E-state index contributed by atoms with van der Waals surface area (Å²) in [5, 5.41) is 11.7. The van der Waals surface area contributed by atoms with Gasteiger partial charge in [-0.25, -0.2) is 9.50 Å². The number of nitrogens with zero attached hydrogens (tertiary/aromatic N) is 2. The molecular weight excluding hydrogens is 194 g/mol. The third-order valence-corrected chi connectivity index (χ3v) is 2.51. The van der Waals surface area contributed by atoms with Gasteiger partial charge in [0, 0.05) is 36.0 Å². The average molecular weight is 207 g/mol. The number of hydrogen-bond donors (Lipinski definition) is 2. The SMILES string of the molecule is Cc1nc2c(C)c[nH]n2c(=O)c1CCO. The van der Waals surface area contributed by atoms with E-state index in [1.54, 1.807) is 13.1 Å². The van der Waals surface area contributed by atoms with Gasteiger partial charge < -0.3 is 5.11 Å². The standard InChI is InChI=1S/C10H13N3O2/c1-6-5-11-13-9(6)12-7(2)8(3-4-14)10(13)15/h5,11,14H,3-4H2,1-2H3. The summed E-state index contributed by atoms with van der Waals surface area (Å²) in [5.41, 5.74) is 2.72. The molecule has 2 N–H and O–H groups in total. The zero-order valence-corrected chi connectivity index (χ0v) is 8.74. The molecule has 0 bridgehead atoms. The van der Waals surface area contributed by atoms with Crippen molar-refractivity contribution in [1.82, 2.24) is 14.6 Å². The van der Waals surface area contributed by atoms with Crippen LogP contribution >= 0.6 is 0 Å². The first-order valence-corrected chi connectivity index (χ1v) is 4.82. The lowest BCUT2D eigenvalue weighted by Crippen LogP contribution is -2.22. The van der Waals surface area contributed by atoms with Crippen LogP contribution in [-0.2, 0) is 6.42 Å². The first-order chi connectivity index (χ1) is 7.15. The number of fused-ring (bicyclic) bond motifs is 1. The van der Waals surface area contributed by atoms with E-state index in [-0.39, 0.29) is 12.2 Å². The van der Waals surface area contributed by atoms with Gasteiger partial charge in [-0.05, 0) is 13.8 Å². The average Bonchev–Trinajstić information content (AvgIpc) is 2.55. The quantitative estimate of drug-likeness (QED) is 0.737. The van der Waals surface area contributed by atoms with Crippen molar-refractivity contribution in [2.75, 3.05) is 6.61 Å². The van der Waals surface area contributed by atoms with Crippen LogP contribution in [0.3, 0.4) is 0 Å². The van der Waals surface area contributed by atoms with Crippen LogP contribution in [0.15, 0.2) is 11.0 Å². The molecule has 2 aromatic rings. The summed E-state index contributed by atoms with van der Waals surface area (Å²) in [4.78, 5) is 16.3. The molecule has 0 atom stereocenters. The number of aliphatic hydroxyl groups is 1. The molecule has 2 aromatic heterocycles. The summed E-state index contributed by atoms with van der Waals surface area (Å²) < 4.78 is 1.41. The second-order valence-electron chi connectivity index (χ2n) is 3.57. The minimum Gasteiger partial charge on any atom is -0.396 e. The van der Waals surface area contributed by atoms with Crippen LogP contribution in [-0.4, -0.2) is 26.3 Å². The molecule has 80 valence electrons. The molecule has 5 heteroatoms. The first-order valence-electron chi connectivity index (χ1n) is 4.82. The van der Waals surface area contributed by atoms with E-state index in [9.17, 15) is 4.79 Å². The topological polar surface area (TPSA) is 70.4 Å². The first kappa shape index (κ1) is 9.92. The molecule has 0 aliphatic rings. The molecule has 0 aromatic carbocycles. The van der Waals surface area contributed by atoms with E-state index in [4.69, 9.17) is 5.11 Å². The Kier molecular flexibility index (Phi) is 2.32. The van der Waals surface area contributed by atoms with Gasteiger partial charge in [-0.15, -0.1) is 0 Å². The highest BCUT2D eigenvalue weighted by atomic mass is 16.3. The van der Waals surface area contributed by atoms with E-state index < -0.39 is 0 Å². The van der Waals surface area contributed by atoms with Crippen molar-refractivity contribution in [3.63, 3.8) is 0 Å². The predicted octanol–water partition coefficient (Wildman–Crippen LogP) is 0.174. The van der Waals surface area contributed by atoms with Crippen molar-refractivity contribution >= 4 is 5.65 Å². The number of nitrogens with one attached hydrogen (secondary N) is 1. The number of rotatable bonds is 2. The van der Waals surface area contributed by atoms with Crippen molar-refractivity contribution in [2.24, 2.45) is 0 Å². The highest BCUT2D eigenvalue weighted by Crippen LogP contribution is 2.07. The van der Waals surface area contributed by atoms with Gasteiger partial charge in [-0.3, -0.25) is 9.89 Å². The maximum atomic E-state index is 11.9. The van der Waals surface area contributed by atoms with Crippen molar-refractivity contribution in [3.8, 4) is 0 Å². The number of aryl methyl sites for hydroxylation is 2. The fourth-order valence-corrected chi connectivity index (χ4v) is 1.67. The number of aliphatic hydroxyl groups excluding tert-OH is 1. The molecule has 5 nitrogen and oxygen atoms in total. The van der Waals surface area contributed by atoms with Crippen LogP contribution in [0.5, 0.6) is 0 Å². The molecule has 0 unspecified atom stereocenters. The Morgan fingerprint density at radius 1 is 1.53 bits per heavy atom. The van der Waals surface area contributed by atoms with Gasteiger partial charge in [0.25, 0.3) is 5.56 Å². The lowest BCUT2D eigenvalue weighted by molar-refractivity contribution is 0.298. The Balaban J connectivity index is 2.79. The van der Waals surface area contributed by atoms with Crippen LogP contribution in [0, 0.1) is 13.8 Å². The van der Waals surface area contributed by atoms with E-state index in [1.165, 1.54) is 4.52 Å². The summed E-state index contributed by atoms with van der Waals surface area (Å²) in [7, 11) is 0. The Morgan fingerprint density at radius 2 is 2.27 bits per heavy atom. The maximum absolute atomic E-state index is 11.9. The minimum atomic E-state index is -0.125. The second-order valence-corrected chi connectivity index (χ2v) is 3.57. The maximum Gasteiger partial charge on any atom is 0.276 e. The molecule has 0 saturated carbocycles. The third-order valence-electron chi connectivity index (χ3n) is 2.51. The summed E-state index contributed by atoms with van der Waals surface area (Å²) in [6.45, 7) is 3.64. The van der Waals surface area contributed by atoms with Gasteiger partial charge in [0.1, 0.15) is 0 Å². The normalized spacial score (nSPS) is 11.1. The molecule has 0 aliphatic carbocycles. The minimum absolute atomic E-state index is 0.0382. The Morgan fingerprint density at radius 3 is 2.93 bits per heavy atom. The van der Waals surface area contributed by atoms with Gasteiger partial charge in [-0.1, -0.05) is 0 Å². The monoisotopic (exact) mass is 207 g/mol. The smallest absolute Gasteiger partial charge is 0.276 e. The molecule has 0 fully saturated rings. The summed E-state index contributed by atoms with van der Waals surface area (Å²) in [6, 6.07) is 0. The highest BCUT2D eigenvalue weighted by molar-refractivity contribution is 5.46. The Labute approximate surface area is 86.4 Å². The van der Waals surface area contributed by atoms with Crippen molar-refractivity contribution in [2.45, 2.75) is 20.3 Å². The van der Waals surface area contributed by atoms with E-state index in [1.807, 2.05) is 6.92 Å². The van der Waals surface area contributed by atoms with Crippen LogP contribution in [0.25, 0.3) is 5.65 Å². The molecule has 0 amide bonds. The van der Waals surface area contributed by atoms with Crippen molar-refractivity contribution in [1.29, 1.82) is 0 Å². The fourth-order valence-electron chi connectivity index (χ4n) is 1.67. The largest absolute Gasteiger partial charge is 0.396 e. The van der Waals surface area contributed by atoms with Crippen LogP contribution in [0.2, 0.25) is 0 Å². The molecular formula is C10H13N3O2. The number of aromatic amines is 1. The number of H-pyrrole nitrogens is 1. The van der Waals surface area contributed by atoms with E-state index in [2.05, 4.69) is 10.1 Å². The molecule has 0 spiro atoms. The van der Waals surface area contributed by atoms with Gasteiger partial charge in [-0.2, -0.15) is 0 Å². The van der Waals surface area contributed by atoms with Gasteiger partial charge in [0.05, 0.1) is 0 Å². The summed E-state index contributed by atoms with van der Waals surface area (Å²) >= 11 is 0. The predicted molar refractivity (Wildman–Crippen MR) is 56.1 cm³/mol. The molecule has 0 saturated heterocycles. The molecule has 0 radical (unpaired) electrons. The van der Waals surface area contributed by atoms with Gasteiger partial charge in [0.2, 0.25) is 0 Å². The van der Waals surface area contributed by atoms with E-state index in [0.717, 1.165) is 5.56 Å². The van der Waals surface area contributed by atoms with Crippen LogP contribution < -0.4 is 5.56 Å². The van der Waals surface area contributed by atoms with E-state index >= 15 is 0 Å². The van der Waals surface area contributed by atoms with E-state index in [0.29, 0.717) is 23.3 Å². The number of aromatic nitrogens is 3. The van der Waals surface area contributed by atoms with Gasteiger partial charge in [0.15, 0.2) is 5.65 Å². The Bertz CT molecular complexity index is 554. The molecule has 15 heavy (non-hydrogen) atoms. The molecule has 2 rings (SSSR count). The zero-order chi connectivity index (χ0) is 11.0. The molecule has 0 aliphatic heterocycles. The second kappa shape index (κ2) is 3.51. The van der Waals surface area contributed by atoms with Crippen molar-refractivity contribution in [3.05, 3.63) is 33.4 Å². The lowest BCUT2D eigenvalue weighted by Gasteiger charge is -2.03. The van der Waals surface area contributed by atoms with Crippen LogP contribution in [0.1, 0.15) is 16.8 Å². The fraction of sp³-hybridized carbons (Fsp3) is 0.400. The van der Waals surface area contributed by atoms with Gasteiger partial charge >= 0.3 is 0 Å². The summed E-state index contributed by atoms with van der Waals surface area (Å²) in [5.74, 6) is 0.